The highest BCUT2D eigenvalue weighted by molar-refractivity contribution is 7.85. The molecule has 0 bridgehead atoms. The number of thiocyanates is 1. The highest BCUT2D eigenvalue weighted by atomic mass is 32.1. The van der Waals surface area contributed by atoms with Crippen molar-refractivity contribution in [2.45, 2.75) is 0 Å². The number of aromatic nitrogens is 1. The molecule has 54 valence electrons. The maximum absolute atomic E-state index is 7.18. The van der Waals surface area contributed by atoms with Gasteiger partial charge in [-0.15, -0.1) is 0 Å². The Morgan fingerprint density at radius 3 is 1.70 bits per heavy atom. The van der Waals surface area contributed by atoms with Gasteiger partial charge in [-0.1, -0.05) is 18.7 Å². The molecule has 0 saturated carbocycles. The smallest absolute Gasteiger partial charge is 0.130 e. The lowest BCUT2D eigenvalue weighted by Crippen LogP contribution is -1.58. The summed E-state index contributed by atoms with van der Waals surface area (Å²) in [5.41, 5.74) is 0. The van der Waals surface area contributed by atoms with Gasteiger partial charge in [0.1, 0.15) is 5.40 Å². The molecule has 1 heterocycles. The van der Waals surface area contributed by atoms with Gasteiger partial charge in [-0.2, -0.15) is 5.26 Å². The van der Waals surface area contributed by atoms with Crippen LogP contribution in [0.4, 0.5) is 0 Å². The van der Waals surface area contributed by atoms with Crippen LogP contribution in [0.1, 0.15) is 0 Å². The predicted octanol–water partition coefficient (Wildman–Crippen LogP) is 1.64. The zero-order valence-corrected chi connectivity index (χ0v) is 6.33. The first-order chi connectivity index (χ1) is 4.41. The maximum atomic E-state index is 7.18. The van der Waals surface area contributed by atoms with E-state index in [4.69, 9.17) is 5.26 Å². The maximum Gasteiger partial charge on any atom is 0.130 e. The van der Waals surface area contributed by atoms with Crippen LogP contribution >= 0.6 is 12.6 Å². The van der Waals surface area contributed by atoms with Crippen molar-refractivity contribution in [1.82, 2.24) is 11.1 Å². The van der Waals surface area contributed by atoms with Crippen molar-refractivity contribution >= 4 is 12.6 Å². The molecular weight excluding hydrogens is 146 g/mol. The minimum atomic E-state index is 0. The number of pyridine rings is 1. The number of hydrogen-bond donors (Lipinski definition) is 2. The summed E-state index contributed by atoms with van der Waals surface area (Å²) >= 11 is 3.09. The van der Waals surface area contributed by atoms with E-state index in [2.05, 4.69) is 17.6 Å². The highest BCUT2D eigenvalue weighted by Gasteiger charge is 1.58. The minimum absolute atomic E-state index is 0. The SMILES string of the molecule is N.N#CS.c1ccncc1. The molecule has 0 spiro atoms. The van der Waals surface area contributed by atoms with E-state index in [1.54, 1.807) is 12.4 Å². The van der Waals surface area contributed by atoms with Crippen LogP contribution in [0.5, 0.6) is 0 Å². The Bertz CT molecular complexity index is 143. The summed E-state index contributed by atoms with van der Waals surface area (Å²) in [6.45, 7) is 0. The van der Waals surface area contributed by atoms with Gasteiger partial charge in [0.25, 0.3) is 0 Å². The van der Waals surface area contributed by atoms with Gasteiger partial charge in [0.15, 0.2) is 0 Å². The Morgan fingerprint density at radius 1 is 1.20 bits per heavy atom. The number of rotatable bonds is 0. The largest absolute Gasteiger partial charge is 0.344 e. The van der Waals surface area contributed by atoms with Crippen LogP contribution in [0.25, 0.3) is 0 Å². The van der Waals surface area contributed by atoms with E-state index >= 15 is 0 Å². The third-order valence-corrected chi connectivity index (χ3v) is 0.566. The van der Waals surface area contributed by atoms with Crippen molar-refractivity contribution in [1.29, 1.82) is 5.26 Å². The Morgan fingerprint density at radius 2 is 1.60 bits per heavy atom. The summed E-state index contributed by atoms with van der Waals surface area (Å²) in [6, 6.07) is 5.72. The molecule has 1 aromatic rings. The lowest BCUT2D eigenvalue weighted by atomic mass is 10.5. The summed E-state index contributed by atoms with van der Waals surface area (Å²) in [5, 5.41) is 8.63. The first kappa shape index (κ1) is 11.7. The van der Waals surface area contributed by atoms with Crippen molar-refractivity contribution < 1.29 is 0 Å². The van der Waals surface area contributed by atoms with Gasteiger partial charge in [0.2, 0.25) is 0 Å². The van der Waals surface area contributed by atoms with Gasteiger partial charge in [0, 0.05) is 12.4 Å². The van der Waals surface area contributed by atoms with Crippen LogP contribution in [0, 0.1) is 10.7 Å². The molecule has 4 heteroatoms. The average molecular weight is 155 g/mol. The van der Waals surface area contributed by atoms with Crippen molar-refractivity contribution in [2.75, 3.05) is 0 Å². The summed E-state index contributed by atoms with van der Waals surface area (Å²) in [7, 11) is 0. The number of nitrogens with zero attached hydrogens (tertiary/aromatic N) is 2. The molecule has 0 amide bonds. The molecule has 1 rings (SSSR count). The zero-order chi connectivity index (χ0) is 6.95. The Kier molecular flexibility index (Phi) is 12.7. The fraction of sp³-hybridized carbons (Fsp3) is 0. The lowest BCUT2D eigenvalue weighted by molar-refractivity contribution is 1.33. The molecule has 0 aliphatic carbocycles. The Hall–Kier alpha value is -1.05. The summed E-state index contributed by atoms with van der Waals surface area (Å²) in [4.78, 5) is 3.78. The quantitative estimate of drug-likeness (QED) is 0.442. The van der Waals surface area contributed by atoms with Gasteiger partial charge < -0.3 is 6.15 Å². The van der Waals surface area contributed by atoms with E-state index in [0.29, 0.717) is 0 Å². The van der Waals surface area contributed by atoms with Crippen LogP contribution in [0.15, 0.2) is 30.6 Å². The summed E-state index contributed by atoms with van der Waals surface area (Å²) in [5.74, 6) is 0. The normalized spacial score (nSPS) is 5.60. The van der Waals surface area contributed by atoms with Crippen LogP contribution in [0.2, 0.25) is 0 Å². The second kappa shape index (κ2) is 10.8. The molecule has 0 saturated heterocycles. The third kappa shape index (κ3) is 10.0. The fourth-order valence-corrected chi connectivity index (χ4v) is 0.313. The second-order valence-electron chi connectivity index (χ2n) is 1.12. The Balaban J connectivity index is 0. The topological polar surface area (TPSA) is 71.7 Å². The van der Waals surface area contributed by atoms with Gasteiger partial charge in [-0.3, -0.25) is 4.98 Å². The Labute approximate surface area is 65.7 Å². The molecule has 0 fully saturated rings. The molecule has 10 heavy (non-hydrogen) atoms. The molecule has 3 nitrogen and oxygen atoms in total. The molecule has 0 unspecified atom stereocenters. The van der Waals surface area contributed by atoms with E-state index in [-0.39, 0.29) is 6.15 Å². The van der Waals surface area contributed by atoms with Crippen LogP contribution < -0.4 is 6.15 Å². The van der Waals surface area contributed by atoms with Crippen LogP contribution in [0.3, 0.4) is 0 Å². The van der Waals surface area contributed by atoms with E-state index in [1.165, 1.54) is 5.40 Å². The molecule has 0 radical (unpaired) electrons. The molecule has 1 aromatic heterocycles. The molecule has 3 N–H and O–H groups in total. The molecule has 0 aliphatic rings. The molecule has 0 aliphatic heterocycles. The highest BCUT2D eigenvalue weighted by Crippen LogP contribution is 1.73. The van der Waals surface area contributed by atoms with Crippen LogP contribution in [-0.2, 0) is 0 Å². The molecular formula is C6H9N3S. The lowest BCUT2D eigenvalue weighted by Gasteiger charge is -1.70. The van der Waals surface area contributed by atoms with Crippen molar-refractivity contribution in [3.8, 4) is 5.40 Å². The minimum Gasteiger partial charge on any atom is -0.344 e. The van der Waals surface area contributed by atoms with Crippen molar-refractivity contribution in [3.63, 3.8) is 0 Å². The van der Waals surface area contributed by atoms with E-state index in [1.807, 2.05) is 18.2 Å². The van der Waals surface area contributed by atoms with Crippen molar-refractivity contribution in [3.05, 3.63) is 30.6 Å². The molecule has 0 atom stereocenters. The van der Waals surface area contributed by atoms with Gasteiger partial charge in [-0.25, -0.2) is 0 Å². The fourth-order valence-electron chi connectivity index (χ4n) is 0.313. The van der Waals surface area contributed by atoms with Crippen LogP contribution in [-0.4, -0.2) is 4.98 Å². The first-order valence-corrected chi connectivity index (χ1v) is 2.74. The average Bonchev–Trinajstić information content (AvgIpc) is 1.93. The zero-order valence-electron chi connectivity index (χ0n) is 5.44. The van der Waals surface area contributed by atoms with Gasteiger partial charge in [0.05, 0.1) is 0 Å². The standard InChI is InChI=1S/C5H5N.CHNS.H3N/c1-2-4-6-5-3-1;2-1-3;/h1-5H;3H;1H3. The van der Waals surface area contributed by atoms with Crippen molar-refractivity contribution in [2.24, 2.45) is 0 Å². The van der Waals surface area contributed by atoms with E-state index < -0.39 is 0 Å². The first-order valence-electron chi connectivity index (χ1n) is 2.30. The summed E-state index contributed by atoms with van der Waals surface area (Å²) in [6.07, 6.45) is 3.50. The number of nitriles is 1. The van der Waals surface area contributed by atoms with Gasteiger partial charge >= 0.3 is 0 Å². The van der Waals surface area contributed by atoms with E-state index in [0.717, 1.165) is 0 Å². The number of thiol groups is 1. The van der Waals surface area contributed by atoms with Gasteiger partial charge in [-0.05, 0) is 12.1 Å². The third-order valence-electron chi connectivity index (χ3n) is 0.566. The number of hydrogen-bond acceptors (Lipinski definition) is 4. The monoisotopic (exact) mass is 155 g/mol. The summed E-state index contributed by atoms with van der Waals surface area (Å²) < 4.78 is 0. The second-order valence-corrected chi connectivity index (χ2v) is 1.32. The van der Waals surface area contributed by atoms with E-state index in [9.17, 15) is 0 Å². The predicted molar refractivity (Wildman–Crippen MR) is 43.9 cm³/mol. The molecule has 0 aromatic carbocycles.